The maximum atomic E-state index is 12.0. The van der Waals surface area contributed by atoms with E-state index in [1.165, 1.54) is 23.6 Å². The van der Waals surface area contributed by atoms with Crippen molar-refractivity contribution in [3.63, 3.8) is 0 Å². The number of aliphatic carboxylic acids is 1. The molecule has 0 aliphatic heterocycles. The quantitative estimate of drug-likeness (QED) is 0.825. The van der Waals surface area contributed by atoms with Crippen LogP contribution in [0.15, 0.2) is 36.0 Å². The Morgan fingerprint density at radius 2 is 2.19 bits per heavy atom. The van der Waals surface area contributed by atoms with E-state index in [9.17, 15) is 9.59 Å². The fourth-order valence-corrected chi connectivity index (χ4v) is 2.23. The average molecular weight is 303 g/mol. The predicted molar refractivity (Wildman–Crippen MR) is 78.9 cm³/mol. The lowest BCUT2D eigenvalue weighted by atomic mass is 10.2. The van der Waals surface area contributed by atoms with Crippen molar-refractivity contribution in [2.75, 3.05) is 0 Å². The first-order valence-electron chi connectivity index (χ1n) is 6.13. The maximum absolute atomic E-state index is 12.0. The highest BCUT2D eigenvalue weighted by Crippen LogP contribution is 2.15. The van der Waals surface area contributed by atoms with E-state index in [1.807, 2.05) is 12.3 Å². The van der Waals surface area contributed by atoms with Crippen LogP contribution < -0.4 is 5.32 Å². The van der Waals surface area contributed by atoms with Gasteiger partial charge in [0, 0.05) is 23.8 Å². The monoisotopic (exact) mass is 303 g/mol. The molecule has 1 atom stereocenters. The summed E-state index contributed by atoms with van der Waals surface area (Å²) in [5.74, 6) is -1.33. The van der Waals surface area contributed by atoms with Crippen molar-refractivity contribution in [1.82, 2.24) is 15.3 Å². The minimum absolute atomic E-state index is 0.189. The van der Waals surface area contributed by atoms with E-state index in [2.05, 4.69) is 15.3 Å². The minimum atomic E-state index is -1.03. The van der Waals surface area contributed by atoms with E-state index in [1.54, 1.807) is 18.3 Å². The van der Waals surface area contributed by atoms with Gasteiger partial charge in [-0.05, 0) is 24.6 Å². The first-order valence-corrected chi connectivity index (χ1v) is 7.01. The van der Waals surface area contributed by atoms with E-state index >= 15 is 0 Å². The smallest absolute Gasteiger partial charge is 0.328 e. The van der Waals surface area contributed by atoms with E-state index < -0.39 is 5.97 Å². The van der Waals surface area contributed by atoms with E-state index in [-0.39, 0.29) is 17.6 Å². The molecule has 0 fully saturated rings. The largest absolute Gasteiger partial charge is 0.478 e. The summed E-state index contributed by atoms with van der Waals surface area (Å²) in [5, 5.41) is 14.0. The molecule has 0 bridgehead atoms. The van der Waals surface area contributed by atoms with Gasteiger partial charge in [0.05, 0.1) is 6.04 Å². The number of hydrogen-bond donors (Lipinski definition) is 2. The fraction of sp³-hybridized carbons (Fsp3) is 0.143. The number of carbonyl (C=O) groups is 2. The van der Waals surface area contributed by atoms with E-state index in [0.29, 0.717) is 5.56 Å². The van der Waals surface area contributed by atoms with Crippen LogP contribution in [0, 0.1) is 0 Å². The molecule has 0 spiro atoms. The zero-order chi connectivity index (χ0) is 15.2. The second kappa shape index (κ2) is 6.76. The van der Waals surface area contributed by atoms with Crippen LogP contribution in [-0.2, 0) is 4.79 Å². The van der Waals surface area contributed by atoms with Gasteiger partial charge in [-0.25, -0.2) is 9.78 Å². The molecule has 0 saturated carbocycles. The van der Waals surface area contributed by atoms with Crippen LogP contribution in [0.4, 0.5) is 0 Å². The molecule has 6 nitrogen and oxygen atoms in total. The van der Waals surface area contributed by atoms with Gasteiger partial charge in [0.25, 0.3) is 5.91 Å². The molecule has 0 saturated heterocycles. The van der Waals surface area contributed by atoms with Gasteiger partial charge in [-0.3, -0.25) is 9.78 Å². The second-order valence-electron chi connectivity index (χ2n) is 4.21. The molecule has 108 valence electrons. The molecule has 0 radical (unpaired) electrons. The van der Waals surface area contributed by atoms with E-state index in [0.717, 1.165) is 11.1 Å². The Balaban J connectivity index is 2.01. The number of carboxylic acids is 1. The van der Waals surface area contributed by atoms with Gasteiger partial charge in [-0.1, -0.05) is 6.07 Å². The third-order valence-electron chi connectivity index (χ3n) is 2.61. The highest BCUT2D eigenvalue weighted by molar-refractivity contribution is 7.09. The normalized spacial score (nSPS) is 12.2. The van der Waals surface area contributed by atoms with Crippen LogP contribution in [0.1, 0.15) is 34.0 Å². The zero-order valence-corrected chi connectivity index (χ0v) is 12.0. The molecule has 0 aliphatic carbocycles. The molecule has 2 rings (SSSR count). The third kappa shape index (κ3) is 4.22. The van der Waals surface area contributed by atoms with Gasteiger partial charge in [0.15, 0.2) is 0 Å². The minimum Gasteiger partial charge on any atom is -0.478 e. The number of amides is 1. The van der Waals surface area contributed by atoms with Crippen molar-refractivity contribution in [3.8, 4) is 0 Å². The average Bonchev–Trinajstić information content (AvgIpc) is 3.00. The third-order valence-corrected chi connectivity index (χ3v) is 3.57. The zero-order valence-electron chi connectivity index (χ0n) is 11.2. The molecular weight excluding hydrogens is 290 g/mol. The number of carbonyl (C=O) groups excluding carboxylic acids is 1. The van der Waals surface area contributed by atoms with Crippen molar-refractivity contribution < 1.29 is 14.7 Å². The molecule has 1 amide bonds. The van der Waals surface area contributed by atoms with Gasteiger partial charge >= 0.3 is 5.97 Å². The lowest BCUT2D eigenvalue weighted by Gasteiger charge is -2.10. The number of pyridine rings is 1. The number of hydrogen-bond acceptors (Lipinski definition) is 5. The number of nitrogens with zero attached hydrogens (tertiary/aromatic N) is 2. The van der Waals surface area contributed by atoms with Crippen LogP contribution in [-0.4, -0.2) is 27.0 Å². The SMILES string of the molecule is CC(NC(=O)c1ccc(C=CC(=O)O)cn1)c1nccs1. The lowest BCUT2D eigenvalue weighted by molar-refractivity contribution is -0.131. The second-order valence-corrected chi connectivity index (χ2v) is 5.14. The summed E-state index contributed by atoms with van der Waals surface area (Å²) in [7, 11) is 0. The number of carboxylic acid groups (broad SMARTS) is 1. The van der Waals surface area contributed by atoms with Crippen molar-refractivity contribution in [1.29, 1.82) is 0 Å². The molecule has 0 aromatic carbocycles. The molecule has 0 aliphatic rings. The van der Waals surface area contributed by atoms with Gasteiger partial charge in [-0.2, -0.15) is 0 Å². The Labute approximate surface area is 125 Å². The molecule has 21 heavy (non-hydrogen) atoms. The Morgan fingerprint density at radius 3 is 2.76 bits per heavy atom. The summed E-state index contributed by atoms with van der Waals surface area (Å²) in [5.41, 5.74) is 0.882. The summed E-state index contributed by atoms with van der Waals surface area (Å²) in [4.78, 5) is 30.6. The Kier molecular flexibility index (Phi) is 4.78. The predicted octanol–water partition coefficient (Wildman–Crippen LogP) is 2.13. The van der Waals surface area contributed by atoms with Crippen LogP contribution in [0.3, 0.4) is 0 Å². The van der Waals surface area contributed by atoms with Crippen molar-refractivity contribution >= 4 is 29.3 Å². The van der Waals surface area contributed by atoms with Crippen LogP contribution in [0.2, 0.25) is 0 Å². The van der Waals surface area contributed by atoms with Crippen molar-refractivity contribution in [2.24, 2.45) is 0 Å². The number of thiazole rings is 1. The molecule has 2 heterocycles. The number of nitrogens with one attached hydrogen (secondary N) is 1. The first-order chi connectivity index (χ1) is 10.1. The Morgan fingerprint density at radius 1 is 1.38 bits per heavy atom. The van der Waals surface area contributed by atoms with Crippen LogP contribution >= 0.6 is 11.3 Å². The van der Waals surface area contributed by atoms with Crippen LogP contribution in [0.25, 0.3) is 6.08 Å². The summed E-state index contributed by atoms with van der Waals surface area (Å²) in [6, 6.07) is 2.99. The molecule has 2 aromatic heterocycles. The number of aromatic nitrogens is 2. The summed E-state index contributed by atoms with van der Waals surface area (Å²) >= 11 is 1.47. The highest BCUT2D eigenvalue weighted by atomic mass is 32.1. The Hall–Kier alpha value is -2.54. The van der Waals surface area contributed by atoms with Gasteiger partial charge in [0.2, 0.25) is 0 Å². The molecule has 2 N–H and O–H groups in total. The van der Waals surface area contributed by atoms with Gasteiger partial charge in [-0.15, -0.1) is 11.3 Å². The van der Waals surface area contributed by atoms with Crippen molar-refractivity contribution in [2.45, 2.75) is 13.0 Å². The topological polar surface area (TPSA) is 92.2 Å². The summed E-state index contributed by atoms with van der Waals surface area (Å²) < 4.78 is 0. The van der Waals surface area contributed by atoms with Crippen molar-refractivity contribution in [3.05, 3.63) is 52.2 Å². The molecule has 1 unspecified atom stereocenters. The highest BCUT2D eigenvalue weighted by Gasteiger charge is 2.13. The first kappa shape index (κ1) is 14.9. The molecular formula is C14H13N3O3S. The van der Waals surface area contributed by atoms with Gasteiger partial charge < -0.3 is 10.4 Å². The molecule has 7 heteroatoms. The summed E-state index contributed by atoms with van der Waals surface area (Å²) in [6.45, 7) is 1.85. The van der Waals surface area contributed by atoms with Crippen LogP contribution in [0.5, 0.6) is 0 Å². The maximum Gasteiger partial charge on any atom is 0.328 e. The van der Waals surface area contributed by atoms with Gasteiger partial charge in [0.1, 0.15) is 10.7 Å². The number of rotatable bonds is 5. The van der Waals surface area contributed by atoms with E-state index in [4.69, 9.17) is 5.11 Å². The fourth-order valence-electron chi connectivity index (χ4n) is 1.59. The Bertz CT molecular complexity index is 651. The standard InChI is InChI=1S/C14H13N3O3S/c1-9(14-15-6-7-21-14)17-13(20)11-4-2-10(8-16-11)3-5-12(18)19/h2-9H,1H3,(H,17,20)(H,18,19). The summed E-state index contributed by atoms with van der Waals surface area (Å²) in [6.07, 6.45) is 5.56. The lowest BCUT2D eigenvalue weighted by Crippen LogP contribution is -2.27. The molecule has 2 aromatic rings.